The second-order valence-electron chi connectivity index (χ2n) is 3.02. The third-order valence-electron chi connectivity index (χ3n) is 2.08. The maximum Gasteiger partial charge on any atom is 0.250 e. The van der Waals surface area contributed by atoms with Gasteiger partial charge >= 0.3 is 0 Å². The predicted octanol–water partition coefficient (Wildman–Crippen LogP) is 1.24. The van der Waals surface area contributed by atoms with E-state index in [1.54, 1.807) is 24.7 Å². The van der Waals surface area contributed by atoms with Crippen LogP contribution in [-0.2, 0) is 0 Å². The van der Waals surface area contributed by atoms with Gasteiger partial charge in [-0.1, -0.05) is 0 Å². The molecule has 0 bridgehead atoms. The summed E-state index contributed by atoms with van der Waals surface area (Å²) < 4.78 is 0. The van der Waals surface area contributed by atoms with E-state index in [4.69, 9.17) is 5.73 Å². The van der Waals surface area contributed by atoms with Crippen LogP contribution in [0.4, 0.5) is 0 Å². The van der Waals surface area contributed by atoms with Gasteiger partial charge in [0.05, 0.1) is 5.56 Å². The van der Waals surface area contributed by atoms with Gasteiger partial charge in [0.15, 0.2) is 0 Å². The standard InChI is InChI=1S/C11H9N3O/c12-11(15)10-7-14-6-3-9(10)8-1-4-13-5-2-8/h1-7H,(H2,12,15). The molecule has 0 aliphatic heterocycles. The van der Waals surface area contributed by atoms with Crippen molar-refractivity contribution in [2.24, 2.45) is 5.73 Å². The van der Waals surface area contributed by atoms with Crippen LogP contribution in [-0.4, -0.2) is 15.9 Å². The number of nitrogens with two attached hydrogens (primary N) is 1. The first-order chi connectivity index (χ1) is 7.29. The average Bonchev–Trinajstić information content (AvgIpc) is 2.30. The Balaban J connectivity index is 2.58. The highest BCUT2D eigenvalue weighted by molar-refractivity contribution is 5.99. The van der Waals surface area contributed by atoms with Gasteiger partial charge in [0.25, 0.3) is 5.91 Å². The number of hydrogen-bond donors (Lipinski definition) is 1. The molecule has 0 unspecified atom stereocenters. The highest BCUT2D eigenvalue weighted by Gasteiger charge is 2.08. The Hall–Kier alpha value is -2.23. The van der Waals surface area contributed by atoms with E-state index in [9.17, 15) is 4.79 Å². The van der Waals surface area contributed by atoms with E-state index in [2.05, 4.69) is 9.97 Å². The predicted molar refractivity (Wildman–Crippen MR) is 56.0 cm³/mol. The van der Waals surface area contributed by atoms with Crippen molar-refractivity contribution in [3.05, 3.63) is 48.5 Å². The van der Waals surface area contributed by atoms with Gasteiger partial charge in [-0.2, -0.15) is 0 Å². The van der Waals surface area contributed by atoms with E-state index < -0.39 is 5.91 Å². The van der Waals surface area contributed by atoms with Gasteiger partial charge in [-0.25, -0.2) is 0 Å². The minimum Gasteiger partial charge on any atom is -0.366 e. The van der Waals surface area contributed by atoms with Gasteiger partial charge in [-0.3, -0.25) is 14.8 Å². The van der Waals surface area contributed by atoms with E-state index in [0.29, 0.717) is 5.56 Å². The molecule has 2 N–H and O–H groups in total. The number of pyridine rings is 2. The van der Waals surface area contributed by atoms with Crippen LogP contribution >= 0.6 is 0 Å². The fraction of sp³-hybridized carbons (Fsp3) is 0. The minimum absolute atomic E-state index is 0.420. The molecule has 0 aliphatic rings. The molecule has 0 fully saturated rings. The Morgan fingerprint density at radius 2 is 1.73 bits per heavy atom. The SMILES string of the molecule is NC(=O)c1cnccc1-c1ccncc1. The summed E-state index contributed by atoms with van der Waals surface area (Å²) in [5.74, 6) is -0.477. The van der Waals surface area contributed by atoms with Gasteiger partial charge in [0.2, 0.25) is 0 Å². The third-order valence-corrected chi connectivity index (χ3v) is 2.08. The van der Waals surface area contributed by atoms with Gasteiger partial charge < -0.3 is 5.73 Å². The molecule has 2 aromatic rings. The summed E-state index contributed by atoms with van der Waals surface area (Å²) in [6.45, 7) is 0. The first-order valence-electron chi connectivity index (χ1n) is 4.43. The van der Waals surface area contributed by atoms with Crippen molar-refractivity contribution in [2.75, 3.05) is 0 Å². The van der Waals surface area contributed by atoms with E-state index in [1.807, 2.05) is 12.1 Å². The third kappa shape index (κ3) is 1.83. The fourth-order valence-corrected chi connectivity index (χ4v) is 1.37. The summed E-state index contributed by atoms with van der Waals surface area (Å²) in [6.07, 6.45) is 6.43. The molecule has 0 aliphatic carbocycles. The van der Waals surface area contributed by atoms with Crippen molar-refractivity contribution in [3.8, 4) is 11.1 Å². The van der Waals surface area contributed by atoms with Crippen molar-refractivity contribution in [1.29, 1.82) is 0 Å². The maximum atomic E-state index is 11.2. The lowest BCUT2D eigenvalue weighted by Crippen LogP contribution is -2.12. The summed E-state index contributed by atoms with van der Waals surface area (Å²) >= 11 is 0. The van der Waals surface area contributed by atoms with Crippen molar-refractivity contribution < 1.29 is 4.79 Å². The van der Waals surface area contributed by atoms with E-state index in [1.165, 1.54) is 6.20 Å². The largest absolute Gasteiger partial charge is 0.366 e. The molecule has 2 rings (SSSR count). The quantitative estimate of drug-likeness (QED) is 0.791. The Kier molecular flexibility index (Phi) is 2.41. The number of nitrogens with zero attached hydrogens (tertiary/aromatic N) is 2. The zero-order valence-electron chi connectivity index (χ0n) is 7.92. The summed E-state index contributed by atoms with van der Waals surface area (Å²) in [5.41, 5.74) is 7.36. The van der Waals surface area contributed by atoms with Crippen molar-refractivity contribution in [3.63, 3.8) is 0 Å². The second kappa shape index (κ2) is 3.88. The molecular formula is C11H9N3O. The summed E-state index contributed by atoms with van der Waals surface area (Å²) in [4.78, 5) is 19.0. The van der Waals surface area contributed by atoms with Crippen molar-refractivity contribution in [2.45, 2.75) is 0 Å². The van der Waals surface area contributed by atoms with E-state index >= 15 is 0 Å². The lowest BCUT2D eigenvalue weighted by Gasteiger charge is -2.04. The Labute approximate surface area is 86.8 Å². The first kappa shape index (κ1) is 9.33. The molecule has 15 heavy (non-hydrogen) atoms. The van der Waals surface area contributed by atoms with E-state index in [-0.39, 0.29) is 0 Å². The Bertz CT molecular complexity index is 482. The number of carbonyl (C=O) groups is 1. The van der Waals surface area contributed by atoms with Gasteiger partial charge in [0, 0.05) is 24.8 Å². The summed E-state index contributed by atoms with van der Waals surface area (Å²) in [6, 6.07) is 5.40. The molecule has 4 nitrogen and oxygen atoms in total. The molecule has 0 saturated heterocycles. The lowest BCUT2D eigenvalue weighted by molar-refractivity contribution is 0.100. The summed E-state index contributed by atoms with van der Waals surface area (Å²) in [7, 11) is 0. The van der Waals surface area contributed by atoms with Crippen LogP contribution in [0.1, 0.15) is 10.4 Å². The first-order valence-corrected chi connectivity index (χ1v) is 4.43. The van der Waals surface area contributed by atoms with Crippen LogP contribution in [0.15, 0.2) is 43.0 Å². The van der Waals surface area contributed by atoms with Crippen LogP contribution in [0.25, 0.3) is 11.1 Å². The number of amides is 1. The van der Waals surface area contributed by atoms with Crippen LogP contribution in [0.2, 0.25) is 0 Å². The summed E-state index contributed by atoms with van der Waals surface area (Å²) in [5, 5.41) is 0. The Morgan fingerprint density at radius 1 is 1.07 bits per heavy atom. The highest BCUT2D eigenvalue weighted by atomic mass is 16.1. The molecule has 74 valence electrons. The normalized spacial score (nSPS) is 9.87. The van der Waals surface area contributed by atoms with Crippen LogP contribution in [0.3, 0.4) is 0 Å². The van der Waals surface area contributed by atoms with Crippen LogP contribution in [0.5, 0.6) is 0 Å². The molecule has 0 saturated carbocycles. The monoisotopic (exact) mass is 199 g/mol. The smallest absolute Gasteiger partial charge is 0.250 e. The zero-order chi connectivity index (χ0) is 10.7. The van der Waals surface area contributed by atoms with Gasteiger partial charge in [0.1, 0.15) is 0 Å². The fourth-order valence-electron chi connectivity index (χ4n) is 1.37. The zero-order valence-corrected chi connectivity index (χ0v) is 7.92. The minimum atomic E-state index is -0.477. The molecule has 1 amide bonds. The molecule has 0 aromatic carbocycles. The number of hydrogen-bond acceptors (Lipinski definition) is 3. The lowest BCUT2D eigenvalue weighted by atomic mass is 10.0. The highest BCUT2D eigenvalue weighted by Crippen LogP contribution is 2.21. The van der Waals surface area contributed by atoms with Crippen LogP contribution in [0, 0.1) is 0 Å². The van der Waals surface area contributed by atoms with E-state index in [0.717, 1.165) is 11.1 Å². The Morgan fingerprint density at radius 3 is 2.40 bits per heavy atom. The van der Waals surface area contributed by atoms with Gasteiger partial charge in [-0.15, -0.1) is 0 Å². The van der Waals surface area contributed by atoms with Gasteiger partial charge in [-0.05, 0) is 29.3 Å². The molecular weight excluding hydrogens is 190 g/mol. The molecule has 0 radical (unpaired) electrons. The molecule has 0 spiro atoms. The van der Waals surface area contributed by atoms with Crippen molar-refractivity contribution >= 4 is 5.91 Å². The number of carbonyl (C=O) groups excluding carboxylic acids is 1. The second-order valence-corrected chi connectivity index (χ2v) is 3.02. The molecule has 0 atom stereocenters. The number of primary amides is 1. The van der Waals surface area contributed by atoms with Crippen molar-refractivity contribution in [1.82, 2.24) is 9.97 Å². The average molecular weight is 199 g/mol. The van der Waals surface area contributed by atoms with Crippen LogP contribution < -0.4 is 5.73 Å². The number of aromatic nitrogens is 2. The maximum absolute atomic E-state index is 11.2. The topological polar surface area (TPSA) is 68.9 Å². The molecule has 2 aromatic heterocycles. The molecule has 2 heterocycles. The number of rotatable bonds is 2. The molecule has 4 heteroatoms.